The van der Waals surface area contributed by atoms with Crippen LogP contribution in [0.3, 0.4) is 0 Å². The van der Waals surface area contributed by atoms with Gasteiger partial charge in [-0.25, -0.2) is 4.57 Å². The van der Waals surface area contributed by atoms with Crippen molar-refractivity contribution in [1.29, 1.82) is 0 Å². The number of aliphatic hydroxyl groups excluding tert-OH is 1. The first-order valence-corrected chi connectivity index (χ1v) is 10.7. The number of hydrogen-bond acceptors (Lipinski definition) is 7. The van der Waals surface area contributed by atoms with Gasteiger partial charge in [-0.05, 0) is 19.9 Å². The van der Waals surface area contributed by atoms with E-state index < -0.39 is 29.9 Å². The number of aliphatic carboxylic acids is 1. The van der Waals surface area contributed by atoms with Crippen LogP contribution in [0.25, 0.3) is 10.4 Å². The third kappa shape index (κ3) is 2.82. The highest BCUT2D eigenvalue weighted by molar-refractivity contribution is 7.18. The van der Waals surface area contributed by atoms with Gasteiger partial charge in [0.15, 0.2) is 0 Å². The van der Waals surface area contributed by atoms with E-state index in [0.29, 0.717) is 34.1 Å². The van der Waals surface area contributed by atoms with E-state index in [-0.39, 0.29) is 17.4 Å². The number of carboxylic acids is 1. The number of amides is 1. The van der Waals surface area contributed by atoms with E-state index in [1.807, 2.05) is 15.9 Å². The standard InChI is InChI=1S/C20H24N4O5S/c1-9-13(17(20(28)29)24-15(9)14(10(2)25)18(24)27)12-7-23-8-22(6-4-5-21)16(11(3)26)19(23)30-12/h7-10,14-15,25H,4-6,21H2,1-3H3/t9-,10+,14+,15+/m0/s1. The molecule has 10 heteroatoms. The zero-order valence-corrected chi connectivity index (χ0v) is 17.8. The van der Waals surface area contributed by atoms with Crippen molar-refractivity contribution in [1.82, 2.24) is 9.47 Å². The Kier molecular flexibility index (Phi) is 5.03. The van der Waals surface area contributed by atoms with E-state index >= 15 is 0 Å². The highest BCUT2D eigenvalue weighted by Crippen LogP contribution is 2.51. The number of imidazole rings is 1. The molecule has 160 valence electrons. The molecule has 3 N–H and O–H groups in total. The number of aliphatic hydroxyl groups is 1. The maximum absolute atomic E-state index is 12.5. The molecule has 2 aliphatic heterocycles. The van der Waals surface area contributed by atoms with Gasteiger partial charge in [-0.3, -0.25) is 9.59 Å². The predicted octanol–water partition coefficient (Wildman–Crippen LogP) is -0.842. The Balaban J connectivity index is 1.82. The quantitative estimate of drug-likeness (QED) is 0.333. The second-order valence-corrected chi connectivity index (χ2v) is 9.00. The Morgan fingerprint density at radius 3 is 2.70 bits per heavy atom. The second-order valence-electron chi connectivity index (χ2n) is 7.97. The van der Waals surface area contributed by atoms with Gasteiger partial charge >= 0.3 is 0 Å². The number of thiazole rings is 1. The van der Waals surface area contributed by atoms with Crippen LogP contribution in [0.15, 0.2) is 18.2 Å². The molecule has 4 rings (SSSR count). The summed E-state index contributed by atoms with van der Waals surface area (Å²) < 4.78 is 3.67. The number of carboxylic acid groups (broad SMARTS) is 1. The highest BCUT2D eigenvalue weighted by Gasteiger charge is 2.59. The average Bonchev–Trinajstić information content (AvgIpc) is 3.26. The molecule has 0 aromatic carbocycles. The van der Waals surface area contributed by atoms with Crippen LogP contribution >= 0.6 is 11.3 Å². The Morgan fingerprint density at radius 2 is 2.13 bits per heavy atom. The van der Waals surface area contributed by atoms with E-state index in [2.05, 4.69) is 0 Å². The normalized spacial score (nSPS) is 24.4. The van der Waals surface area contributed by atoms with Crippen molar-refractivity contribution in [3.8, 4) is 0 Å². The summed E-state index contributed by atoms with van der Waals surface area (Å²) in [7, 11) is 0. The Hall–Kier alpha value is -2.56. The van der Waals surface area contributed by atoms with Crippen molar-refractivity contribution in [2.45, 2.75) is 45.9 Å². The molecule has 0 unspecified atom stereocenters. The van der Waals surface area contributed by atoms with Crippen LogP contribution in [0.1, 0.15) is 42.6 Å². The number of carbonyl (C=O) groups excluding carboxylic acids is 3. The number of fused-ring (bicyclic) bond motifs is 2. The summed E-state index contributed by atoms with van der Waals surface area (Å²) in [6, 6.07) is -0.413. The minimum absolute atomic E-state index is 0.0929. The number of aryl methyl sites for hydroxylation is 1. The van der Waals surface area contributed by atoms with Crippen molar-refractivity contribution in [3.05, 3.63) is 28.8 Å². The minimum Gasteiger partial charge on any atom is -0.543 e. The SMILES string of the molecule is CC(=O)c1c2sc(C3=C(C(=O)[O-])N4C(=O)[C@H]([C@@H](C)O)[C@H]4[C@H]3C)c[n+]2cn1CCCN. The number of hydrogen-bond donors (Lipinski definition) is 2. The number of Topliss-reactive ketones (excluding diaryl/α,β-unsaturated/α-hetero) is 1. The highest BCUT2D eigenvalue weighted by atomic mass is 32.1. The molecule has 1 saturated heterocycles. The van der Waals surface area contributed by atoms with E-state index in [1.165, 1.54) is 30.1 Å². The monoisotopic (exact) mass is 432 g/mol. The molecule has 1 fully saturated rings. The molecule has 0 aliphatic carbocycles. The van der Waals surface area contributed by atoms with Gasteiger partial charge in [0.2, 0.25) is 28.5 Å². The number of nitrogens with two attached hydrogens (primary N) is 1. The molecule has 9 nitrogen and oxygen atoms in total. The van der Waals surface area contributed by atoms with Gasteiger partial charge in [0.1, 0.15) is 6.20 Å². The lowest BCUT2D eigenvalue weighted by Crippen LogP contribution is -2.64. The van der Waals surface area contributed by atoms with Crippen LogP contribution in [0.5, 0.6) is 0 Å². The van der Waals surface area contributed by atoms with Crippen molar-refractivity contribution in [2.75, 3.05) is 6.54 Å². The largest absolute Gasteiger partial charge is 0.543 e. The maximum Gasteiger partial charge on any atom is 0.250 e. The molecule has 0 spiro atoms. The Morgan fingerprint density at radius 1 is 1.43 bits per heavy atom. The minimum atomic E-state index is -1.42. The predicted molar refractivity (Wildman–Crippen MR) is 106 cm³/mol. The fraction of sp³-hybridized carbons (Fsp3) is 0.500. The zero-order valence-electron chi connectivity index (χ0n) is 17.0. The summed E-state index contributed by atoms with van der Waals surface area (Å²) in [5, 5.41) is 21.9. The van der Waals surface area contributed by atoms with Crippen molar-refractivity contribution in [3.63, 3.8) is 0 Å². The number of carbonyl (C=O) groups is 3. The number of ketones is 1. The molecule has 0 saturated carbocycles. The average molecular weight is 433 g/mol. The van der Waals surface area contributed by atoms with Gasteiger partial charge in [0.05, 0.1) is 41.2 Å². The molecule has 0 radical (unpaired) electrons. The molecule has 4 atom stereocenters. The van der Waals surface area contributed by atoms with Gasteiger partial charge in [-0.15, -0.1) is 0 Å². The van der Waals surface area contributed by atoms with E-state index in [4.69, 9.17) is 5.73 Å². The van der Waals surface area contributed by atoms with Gasteiger partial charge in [0.25, 0.3) is 0 Å². The fourth-order valence-corrected chi connectivity index (χ4v) is 6.08. The lowest BCUT2D eigenvalue weighted by molar-refractivity contribution is -0.508. The molecular formula is C20H24N4O5S. The molecular weight excluding hydrogens is 408 g/mol. The van der Waals surface area contributed by atoms with E-state index in [1.54, 1.807) is 12.5 Å². The lowest BCUT2D eigenvalue weighted by atomic mass is 9.77. The topological polar surface area (TPSA) is 133 Å². The smallest absolute Gasteiger partial charge is 0.250 e. The van der Waals surface area contributed by atoms with E-state index in [9.17, 15) is 24.6 Å². The summed E-state index contributed by atoms with van der Waals surface area (Å²) in [6.45, 7) is 6.01. The third-order valence-electron chi connectivity index (χ3n) is 6.02. The molecule has 2 aromatic heterocycles. The summed E-state index contributed by atoms with van der Waals surface area (Å²) in [5.74, 6) is -2.83. The molecule has 2 aromatic rings. The summed E-state index contributed by atoms with van der Waals surface area (Å²) >= 11 is 1.31. The molecule has 30 heavy (non-hydrogen) atoms. The Bertz CT molecular complexity index is 1100. The molecule has 0 bridgehead atoms. The lowest BCUT2D eigenvalue weighted by Gasteiger charge is -2.47. The van der Waals surface area contributed by atoms with Crippen LogP contribution in [-0.4, -0.2) is 50.9 Å². The fourth-order valence-electron chi connectivity index (χ4n) is 4.75. The van der Waals surface area contributed by atoms with Gasteiger partial charge in [0, 0.05) is 18.4 Å². The van der Waals surface area contributed by atoms with Gasteiger partial charge in [-0.2, -0.15) is 4.40 Å². The van der Waals surface area contributed by atoms with Crippen LogP contribution in [0, 0.1) is 11.8 Å². The first-order valence-electron chi connectivity index (χ1n) is 9.91. The van der Waals surface area contributed by atoms with Crippen LogP contribution in [0.2, 0.25) is 0 Å². The van der Waals surface area contributed by atoms with Gasteiger partial charge in [-0.1, -0.05) is 18.3 Å². The van der Waals surface area contributed by atoms with Crippen molar-refractivity contribution >= 4 is 39.4 Å². The third-order valence-corrected chi connectivity index (χ3v) is 7.16. The summed E-state index contributed by atoms with van der Waals surface area (Å²) in [5.41, 5.74) is 6.50. The number of β-lactam (4-membered cyclic amide) rings is 1. The van der Waals surface area contributed by atoms with Crippen LogP contribution in [-0.2, 0) is 16.1 Å². The van der Waals surface area contributed by atoms with Crippen molar-refractivity contribution in [2.24, 2.45) is 17.6 Å². The van der Waals surface area contributed by atoms with Crippen molar-refractivity contribution < 1.29 is 29.0 Å². The summed E-state index contributed by atoms with van der Waals surface area (Å²) in [4.78, 5) is 39.4. The molecule has 1 amide bonds. The van der Waals surface area contributed by atoms with Crippen LogP contribution in [0.4, 0.5) is 0 Å². The van der Waals surface area contributed by atoms with E-state index in [0.717, 1.165) is 6.42 Å². The number of rotatable bonds is 7. The first-order chi connectivity index (χ1) is 14.2. The van der Waals surface area contributed by atoms with Crippen LogP contribution < -0.4 is 15.2 Å². The molecule has 4 heterocycles. The first kappa shape index (κ1) is 20.7. The second kappa shape index (κ2) is 7.29. The number of nitrogens with zero attached hydrogens (tertiary/aromatic N) is 3. The Labute approximate surface area is 177 Å². The zero-order chi connectivity index (χ0) is 21.9. The number of aromatic nitrogens is 2. The van der Waals surface area contributed by atoms with Gasteiger partial charge < -0.3 is 25.6 Å². The summed E-state index contributed by atoms with van der Waals surface area (Å²) in [6.07, 6.45) is 3.45. The molecule has 2 aliphatic rings. The maximum atomic E-state index is 12.5.